The molecule has 1 heterocycles. The summed E-state index contributed by atoms with van der Waals surface area (Å²) in [4.78, 5) is 16.3. The zero-order valence-electron chi connectivity index (χ0n) is 15.1. The first-order valence-corrected chi connectivity index (χ1v) is 10.5. The van der Waals surface area contributed by atoms with E-state index in [0.717, 1.165) is 5.69 Å². The number of likely N-dealkylation sites (N-methyl/N-ethyl adjacent to an activating group) is 1. The molecule has 0 saturated carbocycles. The lowest BCUT2D eigenvalue weighted by Crippen LogP contribution is -2.51. The average molecular weight is 408 g/mol. The van der Waals surface area contributed by atoms with Gasteiger partial charge in [-0.3, -0.25) is 9.69 Å². The van der Waals surface area contributed by atoms with E-state index in [1.54, 1.807) is 30.1 Å². The van der Waals surface area contributed by atoms with E-state index in [2.05, 4.69) is 0 Å². The molecule has 3 rings (SSSR count). The largest absolute Gasteiger partial charge is 0.314 e. The molecule has 1 fully saturated rings. The molecule has 27 heavy (non-hydrogen) atoms. The summed E-state index contributed by atoms with van der Waals surface area (Å²) in [6, 6.07) is 15.7. The second-order valence-electron chi connectivity index (χ2n) is 6.43. The number of nitrogens with zero attached hydrogens (tertiary/aromatic N) is 3. The van der Waals surface area contributed by atoms with Crippen molar-refractivity contribution < 1.29 is 13.2 Å². The van der Waals surface area contributed by atoms with Crippen LogP contribution in [-0.4, -0.2) is 63.3 Å². The van der Waals surface area contributed by atoms with Gasteiger partial charge >= 0.3 is 0 Å². The Morgan fingerprint density at radius 1 is 1.04 bits per heavy atom. The molecule has 8 heteroatoms. The number of benzene rings is 2. The van der Waals surface area contributed by atoms with Gasteiger partial charge in [0, 0.05) is 43.9 Å². The van der Waals surface area contributed by atoms with Crippen molar-refractivity contribution in [3.05, 3.63) is 59.6 Å². The number of para-hydroxylation sites is 1. The van der Waals surface area contributed by atoms with Gasteiger partial charge in [-0.2, -0.15) is 4.31 Å². The second-order valence-corrected chi connectivity index (χ2v) is 8.80. The first kappa shape index (κ1) is 19.8. The number of hydrogen-bond acceptors (Lipinski definition) is 4. The first-order valence-electron chi connectivity index (χ1n) is 8.67. The molecule has 2 aromatic carbocycles. The van der Waals surface area contributed by atoms with Crippen LogP contribution in [0.4, 0.5) is 5.69 Å². The van der Waals surface area contributed by atoms with Gasteiger partial charge in [0.2, 0.25) is 15.9 Å². The molecule has 1 aliphatic rings. The lowest BCUT2D eigenvalue weighted by atomic mass is 10.3. The fourth-order valence-corrected chi connectivity index (χ4v) is 4.72. The number of halogens is 1. The lowest BCUT2D eigenvalue weighted by molar-refractivity contribution is -0.119. The Morgan fingerprint density at radius 3 is 2.33 bits per heavy atom. The van der Waals surface area contributed by atoms with Crippen molar-refractivity contribution in [2.24, 2.45) is 0 Å². The Kier molecular flexibility index (Phi) is 6.16. The Hall–Kier alpha value is -1.93. The Balaban J connectivity index is 1.58. The molecule has 0 atom stereocenters. The lowest BCUT2D eigenvalue weighted by Gasteiger charge is -2.34. The van der Waals surface area contributed by atoms with Crippen LogP contribution in [-0.2, 0) is 14.8 Å². The molecule has 0 spiro atoms. The van der Waals surface area contributed by atoms with E-state index in [-0.39, 0.29) is 17.3 Å². The number of sulfonamides is 1. The third-order valence-corrected chi connectivity index (χ3v) is 6.77. The van der Waals surface area contributed by atoms with Crippen molar-refractivity contribution >= 4 is 33.2 Å². The highest BCUT2D eigenvalue weighted by Crippen LogP contribution is 2.21. The standard InChI is InChI=1S/C19H22ClN3O3S/c1-21(17-7-3-2-4-8-17)19(24)15-22-10-12-23(13-11-22)27(25,26)18-9-5-6-16(20)14-18/h2-9,14H,10-13,15H2,1H3. The Morgan fingerprint density at radius 2 is 1.70 bits per heavy atom. The SMILES string of the molecule is CN(C(=O)CN1CCN(S(=O)(=O)c2cccc(Cl)c2)CC1)c1ccccc1. The molecule has 0 N–H and O–H groups in total. The van der Waals surface area contributed by atoms with Crippen molar-refractivity contribution in [1.29, 1.82) is 0 Å². The molecule has 0 aliphatic carbocycles. The fourth-order valence-electron chi connectivity index (χ4n) is 3.00. The third-order valence-electron chi connectivity index (χ3n) is 4.64. The van der Waals surface area contributed by atoms with Gasteiger partial charge in [0.15, 0.2) is 0 Å². The third kappa shape index (κ3) is 4.68. The molecule has 1 aliphatic heterocycles. The number of piperazine rings is 1. The number of rotatable bonds is 5. The van der Waals surface area contributed by atoms with Crippen molar-refractivity contribution in [2.75, 3.05) is 44.7 Å². The molecule has 0 radical (unpaired) electrons. The van der Waals surface area contributed by atoms with E-state index in [4.69, 9.17) is 11.6 Å². The molecule has 144 valence electrons. The summed E-state index contributed by atoms with van der Waals surface area (Å²) in [6.45, 7) is 1.97. The zero-order chi connectivity index (χ0) is 19.4. The number of carbonyl (C=O) groups excluding carboxylic acids is 1. The highest BCUT2D eigenvalue weighted by molar-refractivity contribution is 7.89. The van der Waals surface area contributed by atoms with Gasteiger partial charge in [0.1, 0.15) is 0 Å². The highest BCUT2D eigenvalue weighted by Gasteiger charge is 2.29. The van der Waals surface area contributed by atoms with Gasteiger partial charge in [-0.1, -0.05) is 35.9 Å². The smallest absolute Gasteiger partial charge is 0.243 e. The van der Waals surface area contributed by atoms with Crippen molar-refractivity contribution in [2.45, 2.75) is 4.90 Å². The predicted octanol–water partition coefficient (Wildman–Crippen LogP) is 2.31. The van der Waals surface area contributed by atoms with Crippen molar-refractivity contribution in [3.63, 3.8) is 0 Å². The Labute approximate surface area is 165 Å². The van der Waals surface area contributed by atoms with Crippen LogP contribution in [0.2, 0.25) is 5.02 Å². The van der Waals surface area contributed by atoms with Crippen molar-refractivity contribution in [3.8, 4) is 0 Å². The monoisotopic (exact) mass is 407 g/mol. The molecule has 0 bridgehead atoms. The summed E-state index contributed by atoms with van der Waals surface area (Å²) in [5.41, 5.74) is 0.838. The van der Waals surface area contributed by atoms with Gasteiger partial charge in [-0.05, 0) is 30.3 Å². The second kappa shape index (κ2) is 8.39. The maximum absolute atomic E-state index is 12.7. The molecule has 6 nitrogen and oxygen atoms in total. The number of anilines is 1. The predicted molar refractivity (Wildman–Crippen MR) is 107 cm³/mol. The van der Waals surface area contributed by atoms with Gasteiger partial charge in [0.25, 0.3) is 0 Å². The molecule has 0 unspecified atom stereocenters. The van der Waals surface area contributed by atoms with E-state index in [1.165, 1.54) is 10.4 Å². The van der Waals surface area contributed by atoms with Crippen LogP contribution >= 0.6 is 11.6 Å². The minimum atomic E-state index is -3.57. The molecule has 0 aromatic heterocycles. The molecular formula is C19H22ClN3O3S. The molecular weight excluding hydrogens is 386 g/mol. The molecule has 1 amide bonds. The van der Waals surface area contributed by atoms with Crippen LogP contribution in [0.5, 0.6) is 0 Å². The maximum atomic E-state index is 12.7. The average Bonchev–Trinajstić information content (AvgIpc) is 2.68. The van der Waals surface area contributed by atoms with Gasteiger partial charge in [-0.15, -0.1) is 0 Å². The quantitative estimate of drug-likeness (QED) is 0.763. The summed E-state index contributed by atoms with van der Waals surface area (Å²) in [5, 5.41) is 0.393. The van der Waals surface area contributed by atoms with Crippen LogP contribution < -0.4 is 4.90 Å². The summed E-state index contributed by atoms with van der Waals surface area (Å²) in [7, 11) is -1.82. The normalized spacial score (nSPS) is 16.2. The minimum Gasteiger partial charge on any atom is -0.314 e. The molecule has 1 saturated heterocycles. The van der Waals surface area contributed by atoms with Crippen molar-refractivity contribution in [1.82, 2.24) is 9.21 Å². The van der Waals surface area contributed by atoms with Crippen LogP contribution in [0.3, 0.4) is 0 Å². The maximum Gasteiger partial charge on any atom is 0.243 e. The minimum absolute atomic E-state index is 0.0210. The van der Waals surface area contributed by atoms with Crippen LogP contribution in [0, 0.1) is 0 Å². The van der Waals surface area contributed by atoms with Gasteiger partial charge < -0.3 is 4.90 Å². The summed E-state index contributed by atoms with van der Waals surface area (Å²) in [6.07, 6.45) is 0. The van der Waals surface area contributed by atoms with Crippen LogP contribution in [0.25, 0.3) is 0 Å². The van der Waals surface area contributed by atoms with Crippen LogP contribution in [0.1, 0.15) is 0 Å². The zero-order valence-corrected chi connectivity index (χ0v) is 16.7. The molecule has 2 aromatic rings. The Bertz CT molecular complexity index is 897. The van der Waals surface area contributed by atoms with E-state index in [0.29, 0.717) is 31.2 Å². The highest BCUT2D eigenvalue weighted by atomic mass is 35.5. The first-order chi connectivity index (χ1) is 12.9. The van der Waals surface area contributed by atoms with Gasteiger partial charge in [-0.25, -0.2) is 8.42 Å². The van der Waals surface area contributed by atoms with Crippen LogP contribution in [0.15, 0.2) is 59.5 Å². The summed E-state index contributed by atoms with van der Waals surface area (Å²) < 4.78 is 26.9. The van der Waals surface area contributed by atoms with Gasteiger partial charge in [0.05, 0.1) is 11.4 Å². The number of carbonyl (C=O) groups is 1. The fraction of sp³-hybridized carbons (Fsp3) is 0.316. The topological polar surface area (TPSA) is 60.9 Å². The van der Waals surface area contributed by atoms with E-state index in [1.807, 2.05) is 35.2 Å². The number of hydrogen-bond donors (Lipinski definition) is 0. The number of amides is 1. The summed E-state index contributed by atoms with van der Waals surface area (Å²) >= 11 is 5.92. The van der Waals surface area contributed by atoms with E-state index < -0.39 is 10.0 Å². The summed E-state index contributed by atoms with van der Waals surface area (Å²) in [5.74, 6) is -0.0210. The van der Waals surface area contributed by atoms with E-state index >= 15 is 0 Å². The van der Waals surface area contributed by atoms with E-state index in [9.17, 15) is 13.2 Å².